The first-order chi connectivity index (χ1) is 7.36. The number of ether oxygens (including phenoxy) is 1. The number of hydrogen-bond donors (Lipinski definition) is 0. The highest BCUT2D eigenvalue weighted by Crippen LogP contribution is 2.29. The molecule has 0 saturated carbocycles. The van der Waals surface area contributed by atoms with E-state index >= 15 is 0 Å². The predicted molar refractivity (Wildman–Crippen MR) is 62.7 cm³/mol. The minimum Gasteiger partial charge on any atom is -0.493 e. The number of halogens is 1. The van der Waals surface area contributed by atoms with E-state index in [2.05, 4.69) is 21.1 Å². The van der Waals surface area contributed by atoms with Crippen LogP contribution in [0.1, 0.15) is 12.6 Å². The highest BCUT2D eigenvalue weighted by Gasteiger charge is 2.12. The zero-order valence-corrected chi connectivity index (χ0v) is 10.1. The maximum absolute atomic E-state index is 5.55. The van der Waals surface area contributed by atoms with Crippen molar-refractivity contribution in [3.63, 3.8) is 0 Å². The van der Waals surface area contributed by atoms with Crippen molar-refractivity contribution in [2.45, 2.75) is 13.3 Å². The molecule has 0 aliphatic heterocycles. The lowest BCUT2D eigenvalue weighted by molar-refractivity contribution is 0.344. The van der Waals surface area contributed by atoms with Crippen LogP contribution < -0.4 is 4.74 Å². The van der Waals surface area contributed by atoms with Crippen molar-refractivity contribution in [2.24, 2.45) is 0 Å². The molecule has 80 valence electrons. The third kappa shape index (κ3) is 2.00. The van der Waals surface area contributed by atoms with Gasteiger partial charge in [0.1, 0.15) is 5.75 Å². The summed E-state index contributed by atoms with van der Waals surface area (Å²) in [6.07, 6.45) is 0.844. The number of fused-ring (bicyclic) bond motifs is 1. The Balaban J connectivity index is 2.53. The van der Waals surface area contributed by atoms with Gasteiger partial charge in [0, 0.05) is 11.8 Å². The summed E-state index contributed by atoms with van der Waals surface area (Å²) in [5, 5.41) is 5.91. The third-order valence-corrected chi connectivity index (χ3v) is 2.56. The largest absolute Gasteiger partial charge is 0.493 e. The van der Waals surface area contributed by atoms with Crippen LogP contribution >= 0.6 is 15.9 Å². The van der Waals surface area contributed by atoms with Gasteiger partial charge in [-0.05, 0) is 19.1 Å². The molecule has 0 unspecified atom stereocenters. The van der Waals surface area contributed by atoms with Gasteiger partial charge in [0.15, 0.2) is 5.58 Å². The lowest BCUT2D eigenvalue weighted by atomic mass is 10.1. The number of hydrogen-bond acceptors (Lipinski definition) is 3. The van der Waals surface area contributed by atoms with Crippen molar-refractivity contribution in [1.82, 2.24) is 5.16 Å². The Morgan fingerprint density at radius 2 is 2.33 bits per heavy atom. The molecule has 2 rings (SSSR count). The van der Waals surface area contributed by atoms with Crippen LogP contribution in [0, 0.1) is 0 Å². The SMILES string of the molecule is CCOc1cccc2onc(CCBr)c12. The summed E-state index contributed by atoms with van der Waals surface area (Å²) in [6.45, 7) is 2.62. The van der Waals surface area contributed by atoms with Crippen molar-refractivity contribution in [3.8, 4) is 5.75 Å². The smallest absolute Gasteiger partial charge is 0.170 e. The van der Waals surface area contributed by atoms with Crippen LogP contribution in [0.5, 0.6) is 5.75 Å². The molecule has 4 heteroatoms. The lowest BCUT2D eigenvalue weighted by Crippen LogP contribution is -1.94. The van der Waals surface area contributed by atoms with E-state index in [9.17, 15) is 0 Å². The monoisotopic (exact) mass is 269 g/mol. The van der Waals surface area contributed by atoms with E-state index in [4.69, 9.17) is 9.26 Å². The van der Waals surface area contributed by atoms with Crippen LogP contribution in [0.3, 0.4) is 0 Å². The van der Waals surface area contributed by atoms with Crippen LogP contribution in [0.2, 0.25) is 0 Å². The first kappa shape index (κ1) is 10.5. The molecule has 0 spiro atoms. The van der Waals surface area contributed by atoms with Crippen LogP contribution in [0.15, 0.2) is 22.7 Å². The summed E-state index contributed by atoms with van der Waals surface area (Å²) in [5.41, 5.74) is 1.74. The van der Waals surface area contributed by atoms with Gasteiger partial charge in [-0.15, -0.1) is 0 Å². The van der Waals surface area contributed by atoms with Crippen LogP contribution in [0.4, 0.5) is 0 Å². The van der Waals surface area contributed by atoms with E-state index in [0.29, 0.717) is 6.61 Å². The first-order valence-electron chi connectivity index (χ1n) is 4.93. The van der Waals surface area contributed by atoms with Gasteiger partial charge in [0.2, 0.25) is 0 Å². The second kappa shape index (κ2) is 4.66. The zero-order valence-electron chi connectivity index (χ0n) is 8.50. The molecule has 0 amide bonds. The minimum atomic E-state index is 0.651. The molecular formula is C11H12BrNO2. The van der Waals surface area contributed by atoms with Gasteiger partial charge in [-0.1, -0.05) is 27.2 Å². The number of aryl methyl sites for hydroxylation is 1. The van der Waals surface area contributed by atoms with E-state index in [1.54, 1.807) is 0 Å². The minimum absolute atomic E-state index is 0.651. The number of benzene rings is 1. The molecule has 0 aliphatic carbocycles. The van der Waals surface area contributed by atoms with Crippen LogP contribution in [-0.2, 0) is 6.42 Å². The Kier molecular flexibility index (Phi) is 3.26. The second-order valence-corrected chi connectivity index (χ2v) is 3.92. The quantitative estimate of drug-likeness (QED) is 0.800. The van der Waals surface area contributed by atoms with E-state index in [-0.39, 0.29) is 0 Å². The number of rotatable bonds is 4. The van der Waals surface area contributed by atoms with Crippen molar-refractivity contribution in [2.75, 3.05) is 11.9 Å². The molecular weight excluding hydrogens is 258 g/mol. The van der Waals surface area contributed by atoms with Gasteiger partial charge in [-0.2, -0.15) is 0 Å². The molecule has 0 saturated heterocycles. The highest BCUT2D eigenvalue weighted by atomic mass is 79.9. The average Bonchev–Trinajstić information content (AvgIpc) is 2.64. The van der Waals surface area contributed by atoms with Crippen molar-refractivity contribution in [3.05, 3.63) is 23.9 Å². The van der Waals surface area contributed by atoms with Gasteiger partial charge >= 0.3 is 0 Å². The number of nitrogens with zero attached hydrogens (tertiary/aromatic N) is 1. The molecule has 1 heterocycles. The summed E-state index contributed by atoms with van der Waals surface area (Å²) < 4.78 is 10.8. The summed E-state index contributed by atoms with van der Waals surface area (Å²) in [4.78, 5) is 0. The first-order valence-corrected chi connectivity index (χ1v) is 6.05. The van der Waals surface area contributed by atoms with Crippen molar-refractivity contribution < 1.29 is 9.26 Å². The normalized spacial score (nSPS) is 10.8. The zero-order chi connectivity index (χ0) is 10.7. The van der Waals surface area contributed by atoms with Gasteiger partial charge in [-0.3, -0.25) is 0 Å². The topological polar surface area (TPSA) is 35.3 Å². The molecule has 1 aromatic carbocycles. The van der Waals surface area contributed by atoms with Crippen LogP contribution in [-0.4, -0.2) is 17.1 Å². The summed E-state index contributed by atoms with van der Waals surface area (Å²) in [5.74, 6) is 0.854. The summed E-state index contributed by atoms with van der Waals surface area (Å²) in [7, 11) is 0. The van der Waals surface area contributed by atoms with Gasteiger partial charge < -0.3 is 9.26 Å². The number of alkyl halides is 1. The summed E-state index contributed by atoms with van der Waals surface area (Å²) >= 11 is 3.40. The Bertz CT molecular complexity index is 453. The fourth-order valence-corrected chi connectivity index (χ4v) is 1.93. The van der Waals surface area contributed by atoms with Gasteiger partial charge in [0.25, 0.3) is 0 Å². The Hall–Kier alpha value is -1.03. The molecule has 0 N–H and O–H groups in total. The lowest BCUT2D eigenvalue weighted by Gasteiger charge is -2.03. The molecule has 0 bridgehead atoms. The molecule has 3 nitrogen and oxygen atoms in total. The molecule has 0 radical (unpaired) electrons. The van der Waals surface area contributed by atoms with E-state index < -0.39 is 0 Å². The Labute approximate surface area is 96.5 Å². The Morgan fingerprint density at radius 3 is 3.07 bits per heavy atom. The Morgan fingerprint density at radius 1 is 1.47 bits per heavy atom. The van der Waals surface area contributed by atoms with E-state index in [1.165, 1.54) is 0 Å². The molecule has 0 fully saturated rings. The maximum atomic E-state index is 5.55. The standard InChI is InChI=1S/C11H12BrNO2/c1-2-14-9-4-3-5-10-11(9)8(6-7-12)13-15-10/h3-5H,2,6-7H2,1H3. The third-order valence-electron chi connectivity index (χ3n) is 2.16. The molecule has 0 aliphatic rings. The molecule has 15 heavy (non-hydrogen) atoms. The molecule has 1 aromatic heterocycles. The molecule has 2 aromatic rings. The fraction of sp³-hybridized carbons (Fsp3) is 0.364. The summed E-state index contributed by atoms with van der Waals surface area (Å²) in [6, 6.07) is 5.76. The van der Waals surface area contributed by atoms with E-state index in [1.807, 2.05) is 25.1 Å². The predicted octanol–water partition coefficient (Wildman–Crippen LogP) is 3.16. The average molecular weight is 270 g/mol. The highest BCUT2D eigenvalue weighted by molar-refractivity contribution is 9.09. The molecule has 0 atom stereocenters. The van der Waals surface area contributed by atoms with Gasteiger partial charge in [-0.25, -0.2) is 0 Å². The van der Waals surface area contributed by atoms with Gasteiger partial charge in [0.05, 0.1) is 17.7 Å². The number of aromatic nitrogens is 1. The van der Waals surface area contributed by atoms with Crippen molar-refractivity contribution >= 4 is 26.9 Å². The maximum Gasteiger partial charge on any atom is 0.170 e. The van der Waals surface area contributed by atoms with Crippen LogP contribution in [0.25, 0.3) is 11.0 Å². The van der Waals surface area contributed by atoms with E-state index in [0.717, 1.165) is 34.2 Å². The fourth-order valence-electron chi connectivity index (χ4n) is 1.56. The van der Waals surface area contributed by atoms with Crippen molar-refractivity contribution in [1.29, 1.82) is 0 Å². The second-order valence-electron chi connectivity index (χ2n) is 3.13.